The molecule has 0 atom stereocenters. The Hall–Kier alpha value is -1.51. The maximum absolute atomic E-state index is 11.2. The standard InChI is InChI=1S/C14H21NO2/c1-6-14(3,4)15(5)12-9-10(2)7-8-11(12)13(16)17/h7-9H,6H2,1-5H3,(H,16,17). The first-order chi connectivity index (χ1) is 7.79. The van der Waals surface area contributed by atoms with Crippen LogP contribution in [0, 0.1) is 6.92 Å². The summed E-state index contributed by atoms with van der Waals surface area (Å²) in [6, 6.07) is 5.44. The Morgan fingerprint density at radius 2 is 2.00 bits per heavy atom. The SMILES string of the molecule is CCC(C)(C)N(C)c1cc(C)ccc1C(=O)O. The van der Waals surface area contributed by atoms with Crippen molar-refractivity contribution in [3.63, 3.8) is 0 Å². The molecule has 0 aliphatic heterocycles. The van der Waals surface area contributed by atoms with Gasteiger partial charge in [-0.3, -0.25) is 0 Å². The van der Waals surface area contributed by atoms with Crippen molar-refractivity contribution < 1.29 is 9.90 Å². The summed E-state index contributed by atoms with van der Waals surface area (Å²) < 4.78 is 0. The van der Waals surface area contributed by atoms with Crippen LogP contribution in [-0.2, 0) is 0 Å². The topological polar surface area (TPSA) is 40.5 Å². The van der Waals surface area contributed by atoms with Gasteiger partial charge in [0.15, 0.2) is 0 Å². The molecule has 0 bridgehead atoms. The molecule has 1 N–H and O–H groups in total. The number of hydrogen-bond acceptors (Lipinski definition) is 2. The Labute approximate surface area is 103 Å². The first kappa shape index (κ1) is 13.6. The normalized spacial score (nSPS) is 11.4. The van der Waals surface area contributed by atoms with Crippen LogP contribution in [0.4, 0.5) is 5.69 Å². The lowest BCUT2D eigenvalue weighted by molar-refractivity contribution is 0.0697. The highest BCUT2D eigenvalue weighted by Crippen LogP contribution is 2.29. The Bertz CT molecular complexity index is 424. The Kier molecular flexibility index (Phi) is 3.81. The van der Waals surface area contributed by atoms with E-state index in [1.165, 1.54) is 0 Å². The second-order valence-corrected chi connectivity index (χ2v) is 5.05. The molecule has 0 saturated carbocycles. The molecule has 1 rings (SSSR count). The van der Waals surface area contributed by atoms with E-state index in [0.29, 0.717) is 5.56 Å². The van der Waals surface area contributed by atoms with Gasteiger partial charge in [-0.1, -0.05) is 13.0 Å². The average Bonchev–Trinajstić information content (AvgIpc) is 2.27. The van der Waals surface area contributed by atoms with Crippen LogP contribution in [0.1, 0.15) is 43.1 Å². The zero-order valence-corrected chi connectivity index (χ0v) is 11.2. The summed E-state index contributed by atoms with van der Waals surface area (Å²) in [5.74, 6) is -0.876. The number of anilines is 1. The van der Waals surface area contributed by atoms with Crippen LogP contribution in [0.25, 0.3) is 0 Å². The van der Waals surface area contributed by atoms with Gasteiger partial charge in [-0.2, -0.15) is 0 Å². The second kappa shape index (κ2) is 4.78. The van der Waals surface area contributed by atoms with Gasteiger partial charge in [0.1, 0.15) is 0 Å². The van der Waals surface area contributed by atoms with Crippen molar-refractivity contribution in [2.45, 2.75) is 39.7 Å². The minimum absolute atomic E-state index is 0.0575. The van der Waals surface area contributed by atoms with Crippen LogP contribution in [0.3, 0.4) is 0 Å². The third-order valence-corrected chi connectivity index (χ3v) is 3.52. The van der Waals surface area contributed by atoms with Gasteiger partial charge in [0.05, 0.1) is 11.3 Å². The molecule has 0 radical (unpaired) electrons. The van der Waals surface area contributed by atoms with E-state index in [1.807, 2.05) is 31.0 Å². The van der Waals surface area contributed by atoms with Gasteiger partial charge in [0, 0.05) is 12.6 Å². The van der Waals surface area contributed by atoms with Crippen molar-refractivity contribution in [3.05, 3.63) is 29.3 Å². The van der Waals surface area contributed by atoms with E-state index in [-0.39, 0.29) is 5.54 Å². The van der Waals surface area contributed by atoms with Crippen molar-refractivity contribution in [2.75, 3.05) is 11.9 Å². The van der Waals surface area contributed by atoms with Crippen molar-refractivity contribution in [2.24, 2.45) is 0 Å². The number of carboxylic acids is 1. The number of rotatable bonds is 4. The maximum atomic E-state index is 11.2. The zero-order valence-electron chi connectivity index (χ0n) is 11.2. The van der Waals surface area contributed by atoms with Crippen LogP contribution in [0.2, 0.25) is 0 Å². The minimum atomic E-state index is -0.876. The zero-order chi connectivity index (χ0) is 13.2. The highest BCUT2D eigenvalue weighted by atomic mass is 16.4. The fraction of sp³-hybridized carbons (Fsp3) is 0.500. The number of carboxylic acid groups (broad SMARTS) is 1. The molecule has 17 heavy (non-hydrogen) atoms. The van der Waals surface area contributed by atoms with Gasteiger partial charge >= 0.3 is 5.97 Å². The summed E-state index contributed by atoms with van der Waals surface area (Å²) in [7, 11) is 1.95. The second-order valence-electron chi connectivity index (χ2n) is 5.05. The molecule has 0 amide bonds. The van der Waals surface area contributed by atoms with Crippen LogP contribution >= 0.6 is 0 Å². The molecule has 0 spiro atoms. The van der Waals surface area contributed by atoms with Gasteiger partial charge in [-0.15, -0.1) is 0 Å². The van der Waals surface area contributed by atoms with Crippen LogP contribution in [0.5, 0.6) is 0 Å². The Morgan fingerprint density at radius 3 is 2.47 bits per heavy atom. The predicted molar refractivity (Wildman–Crippen MR) is 70.9 cm³/mol. The Morgan fingerprint density at radius 1 is 1.41 bits per heavy atom. The third kappa shape index (κ3) is 2.78. The molecular weight excluding hydrogens is 214 g/mol. The van der Waals surface area contributed by atoms with E-state index >= 15 is 0 Å². The van der Waals surface area contributed by atoms with E-state index in [9.17, 15) is 9.90 Å². The number of nitrogens with zero attached hydrogens (tertiary/aromatic N) is 1. The molecule has 0 aliphatic carbocycles. The lowest BCUT2D eigenvalue weighted by Crippen LogP contribution is -2.41. The Balaban J connectivity index is 3.29. The van der Waals surface area contributed by atoms with E-state index in [1.54, 1.807) is 6.07 Å². The molecule has 1 aromatic carbocycles. The highest BCUT2D eigenvalue weighted by Gasteiger charge is 2.25. The van der Waals surface area contributed by atoms with Gasteiger partial charge in [-0.05, 0) is 44.9 Å². The number of aryl methyl sites for hydroxylation is 1. The molecule has 0 unspecified atom stereocenters. The molecule has 3 nitrogen and oxygen atoms in total. The van der Waals surface area contributed by atoms with E-state index < -0.39 is 5.97 Å². The summed E-state index contributed by atoms with van der Waals surface area (Å²) >= 11 is 0. The van der Waals surface area contributed by atoms with E-state index in [2.05, 4.69) is 20.8 Å². The first-order valence-electron chi connectivity index (χ1n) is 5.87. The minimum Gasteiger partial charge on any atom is -0.478 e. The van der Waals surface area contributed by atoms with Crippen LogP contribution < -0.4 is 4.90 Å². The fourth-order valence-corrected chi connectivity index (χ4v) is 1.66. The largest absolute Gasteiger partial charge is 0.478 e. The molecule has 0 aliphatic rings. The lowest BCUT2D eigenvalue weighted by Gasteiger charge is -2.37. The molecule has 1 aromatic rings. The maximum Gasteiger partial charge on any atom is 0.337 e. The van der Waals surface area contributed by atoms with Crippen LogP contribution in [-0.4, -0.2) is 23.7 Å². The summed E-state index contributed by atoms with van der Waals surface area (Å²) in [4.78, 5) is 13.3. The van der Waals surface area contributed by atoms with Crippen molar-refractivity contribution in [3.8, 4) is 0 Å². The number of hydrogen-bond donors (Lipinski definition) is 1. The number of benzene rings is 1. The molecule has 0 aromatic heterocycles. The summed E-state index contributed by atoms with van der Waals surface area (Å²) in [5, 5.41) is 9.22. The summed E-state index contributed by atoms with van der Waals surface area (Å²) in [6.45, 7) is 8.30. The smallest absolute Gasteiger partial charge is 0.337 e. The quantitative estimate of drug-likeness (QED) is 0.870. The lowest BCUT2D eigenvalue weighted by atomic mass is 9.97. The van der Waals surface area contributed by atoms with Gasteiger partial charge in [0.2, 0.25) is 0 Å². The molecule has 0 heterocycles. The summed E-state index contributed by atoms with van der Waals surface area (Å²) in [5.41, 5.74) is 2.16. The van der Waals surface area contributed by atoms with Crippen molar-refractivity contribution >= 4 is 11.7 Å². The average molecular weight is 235 g/mol. The van der Waals surface area contributed by atoms with Crippen molar-refractivity contribution in [1.29, 1.82) is 0 Å². The van der Waals surface area contributed by atoms with E-state index in [4.69, 9.17) is 0 Å². The van der Waals surface area contributed by atoms with Crippen molar-refractivity contribution in [1.82, 2.24) is 0 Å². The van der Waals surface area contributed by atoms with Gasteiger partial charge in [0.25, 0.3) is 0 Å². The molecular formula is C14H21NO2. The van der Waals surface area contributed by atoms with Gasteiger partial charge in [-0.25, -0.2) is 4.79 Å². The van der Waals surface area contributed by atoms with Gasteiger partial charge < -0.3 is 10.0 Å². The number of aromatic carboxylic acids is 1. The molecule has 94 valence electrons. The van der Waals surface area contributed by atoms with E-state index in [0.717, 1.165) is 17.7 Å². The first-order valence-corrected chi connectivity index (χ1v) is 5.87. The predicted octanol–water partition coefficient (Wildman–Crippen LogP) is 3.32. The third-order valence-electron chi connectivity index (χ3n) is 3.52. The number of carbonyl (C=O) groups is 1. The fourth-order valence-electron chi connectivity index (χ4n) is 1.66. The summed E-state index contributed by atoms with van der Waals surface area (Å²) in [6.07, 6.45) is 0.955. The molecule has 0 saturated heterocycles. The monoisotopic (exact) mass is 235 g/mol. The molecule has 0 fully saturated rings. The highest BCUT2D eigenvalue weighted by molar-refractivity contribution is 5.94. The molecule has 3 heteroatoms. The van der Waals surface area contributed by atoms with Crippen LogP contribution in [0.15, 0.2) is 18.2 Å².